The molecule has 0 aromatic heterocycles. The zero-order valence-corrected chi connectivity index (χ0v) is 13.8. The number of hydrogen-bond donors (Lipinski definition) is 0. The fraction of sp³-hybridized carbons (Fsp3) is 0.188. The molecule has 0 atom stereocenters. The lowest BCUT2D eigenvalue weighted by Gasteiger charge is -2.15. The lowest BCUT2D eigenvalue weighted by Crippen LogP contribution is -2.08. The minimum absolute atomic E-state index is 0.0914. The summed E-state index contributed by atoms with van der Waals surface area (Å²) in [5.41, 5.74) is 2.89. The highest BCUT2D eigenvalue weighted by Crippen LogP contribution is 2.34. The molecule has 0 radical (unpaired) electrons. The van der Waals surface area contributed by atoms with Crippen molar-refractivity contribution in [2.45, 2.75) is 13.8 Å². The zero-order chi connectivity index (χ0) is 14.9. The molecule has 2 rings (SSSR count). The summed E-state index contributed by atoms with van der Waals surface area (Å²) < 4.78 is 6.30. The van der Waals surface area contributed by atoms with Crippen LogP contribution in [0.25, 0.3) is 0 Å². The van der Waals surface area contributed by atoms with Crippen LogP contribution in [-0.2, 0) is 0 Å². The topological polar surface area (TPSA) is 26.3 Å². The van der Waals surface area contributed by atoms with Crippen LogP contribution in [-0.4, -0.2) is 12.9 Å². The number of benzene rings is 2. The van der Waals surface area contributed by atoms with E-state index in [1.807, 2.05) is 19.9 Å². The van der Waals surface area contributed by atoms with E-state index in [-0.39, 0.29) is 5.78 Å². The van der Waals surface area contributed by atoms with Crippen molar-refractivity contribution in [3.8, 4) is 5.75 Å². The summed E-state index contributed by atoms with van der Waals surface area (Å²) in [6, 6.07) is 8.88. The van der Waals surface area contributed by atoms with Gasteiger partial charge >= 0.3 is 0 Å². The molecule has 0 aliphatic carbocycles. The summed E-state index contributed by atoms with van der Waals surface area (Å²) in [6.45, 7) is 3.81. The molecule has 0 amide bonds. The molecule has 0 aliphatic rings. The second-order valence-electron chi connectivity index (χ2n) is 4.55. The van der Waals surface area contributed by atoms with Gasteiger partial charge in [-0.15, -0.1) is 0 Å². The van der Waals surface area contributed by atoms with Crippen LogP contribution in [0.2, 0.25) is 5.02 Å². The number of halogens is 2. The Morgan fingerprint density at radius 1 is 1.25 bits per heavy atom. The largest absolute Gasteiger partial charge is 0.496 e. The van der Waals surface area contributed by atoms with Crippen LogP contribution in [0, 0.1) is 13.8 Å². The first-order chi connectivity index (χ1) is 9.45. The predicted molar refractivity (Wildman–Crippen MR) is 85.1 cm³/mol. The Balaban J connectivity index is 2.65. The van der Waals surface area contributed by atoms with Crippen LogP contribution in [0.4, 0.5) is 0 Å². The van der Waals surface area contributed by atoms with Gasteiger partial charge in [-0.1, -0.05) is 39.7 Å². The average Bonchev–Trinajstić information content (AvgIpc) is 2.41. The van der Waals surface area contributed by atoms with Gasteiger partial charge in [0.15, 0.2) is 5.78 Å². The third-order valence-corrected chi connectivity index (χ3v) is 4.24. The van der Waals surface area contributed by atoms with Crippen LogP contribution >= 0.6 is 27.5 Å². The van der Waals surface area contributed by atoms with Crippen LogP contribution in [0.1, 0.15) is 27.0 Å². The summed E-state index contributed by atoms with van der Waals surface area (Å²) >= 11 is 9.44. The Labute approximate surface area is 131 Å². The molecule has 20 heavy (non-hydrogen) atoms. The third kappa shape index (κ3) is 2.74. The minimum atomic E-state index is -0.0914. The maximum atomic E-state index is 12.7. The van der Waals surface area contributed by atoms with E-state index in [4.69, 9.17) is 16.3 Å². The quantitative estimate of drug-likeness (QED) is 0.729. The van der Waals surface area contributed by atoms with E-state index in [9.17, 15) is 4.79 Å². The molecule has 2 nitrogen and oxygen atoms in total. The number of aryl methyl sites for hydroxylation is 1. The maximum absolute atomic E-state index is 12.7. The molecule has 0 bridgehead atoms. The number of ether oxygens (including phenoxy) is 1. The number of rotatable bonds is 3. The minimum Gasteiger partial charge on any atom is -0.496 e. The van der Waals surface area contributed by atoms with E-state index in [1.54, 1.807) is 31.4 Å². The Kier molecular flexibility index (Phi) is 4.51. The van der Waals surface area contributed by atoms with Crippen LogP contribution < -0.4 is 4.74 Å². The fourth-order valence-corrected chi connectivity index (χ4v) is 2.89. The highest BCUT2D eigenvalue weighted by Gasteiger charge is 2.21. The third-order valence-electron chi connectivity index (χ3n) is 3.18. The van der Waals surface area contributed by atoms with E-state index in [0.29, 0.717) is 21.9 Å². The highest BCUT2D eigenvalue weighted by atomic mass is 79.9. The van der Waals surface area contributed by atoms with Crippen LogP contribution in [0.3, 0.4) is 0 Å². The molecule has 2 aromatic carbocycles. The summed E-state index contributed by atoms with van der Waals surface area (Å²) in [7, 11) is 1.57. The standard InChI is InChI=1S/C16H14BrClO2/c1-9-7-13(17)10(2)14(16(9)20-3)15(19)11-5-4-6-12(18)8-11/h4-8H,1-3H3. The molecular formula is C16H14BrClO2. The van der Waals surface area contributed by atoms with Gasteiger partial charge in [0.1, 0.15) is 5.75 Å². The number of carbonyl (C=O) groups is 1. The number of ketones is 1. The second-order valence-corrected chi connectivity index (χ2v) is 5.84. The van der Waals surface area contributed by atoms with Gasteiger partial charge < -0.3 is 4.74 Å². The molecule has 0 unspecified atom stereocenters. The van der Waals surface area contributed by atoms with Gasteiger partial charge in [0, 0.05) is 15.1 Å². The van der Waals surface area contributed by atoms with Gasteiger partial charge in [0.05, 0.1) is 12.7 Å². The Morgan fingerprint density at radius 3 is 2.55 bits per heavy atom. The Bertz CT molecular complexity index is 680. The van der Waals surface area contributed by atoms with Crippen molar-refractivity contribution >= 4 is 33.3 Å². The Hall–Kier alpha value is -1.32. The molecule has 2 aromatic rings. The molecule has 4 heteroatoms. The van der Waals surface area contributed by atoms with Gasteiger partial charge in [-0.2, -0.15) is 0 Å². The average molecular weight is 354 g/mol. The summed E-state index contributed by atoms with van der Waals surface area (Å²) in [5.74, 6) is 0.516. The van der Waals surface area contributed by atoms with Crippen molar-refractivity contribution in [3.63, 3.8) is 0 Å². The zero-order valence-electron chi connectivity index (χ0n) is 11.5. The van der Waals surface area contributed by atoms with Gasteiger partial charge in [-0.3, -0.25) is 4.79 Å². The second kappa shape index (κ2) is 5.98. The van der Waals surface area contributed by atoms with E-state index < -0.39 is 0 Å². The lowest BCUT2D eigenvalue weighted by atomic mass is 9.96. The summed E-state index contributed by atoms with van der Waals surface area (Å²) in [5, 5.41) is 0.541. The Morgan fingerprint density at radius 2 is 1.95 bits per heavy atom. The van der Waals surface area contributed by atoms with Crippen molar-refractivity contribution in [1.29, 1.82) is 0 Å². The van der Waals surface area contributed by atoms with Gasteiger partial charge in [0.25, 0.3) is 0 Å². The molecular weight excluding hydrogens is 340 g/mol. The number of hydrogen-bond acceptors (Lipinski definition) is 2. The highest BCUT2D eigenvalue weighted by molar-refractivity contribution is 9.10. The van der Waals surface area contributed by atoms with Crippen LogP contribution in [0.5, 0.6) is 5.75 Å². The van der Waals surface area contributed by atoms with Crippen molar-refractivity contribution < 1.29 is 9.53 Å². The lowest BCUT2D eigenvalue weighted by molar-refractivity contribution is 0.103. The van der Waals surface area contributed by atoms with Crippen molar-refractivity contribution in [2.24, 2.45) is 0 Å². The number of methoxy groups -OCH3 is 1. The van der Waals surface area contributed by atoms with E-state index in [1.165, 1.54) is 0 Å². The van der Waals surface area contributed by atoms with Gasteiger partial charge in [-0.05, 0) is 43.2 Å². The normalized spacial score (nSPS) is 10.4. The van der Waals surface area contributed by atoms with E-state index in [2.05, 4.69) is 15.9 Å². The first-order valence-corrected chi connectivity index (χ1v) is 7.26. The van der Waals surface area contributed by atoms with Crippen molar-refractivity contribution in [1.82, 2.24) is 0 Å². The van der Waals surface area contributed by atoms with Crippen LogP contribution in [0.15, 0.2) is 34.8 Å². The molecule has 0 N–H and O–H groups in total. The van der Waals surface area contributed by atoms with Gasteiger partial charge in [0.2, 0.25) is 0 Å². The summed E-state index contributed by atoms with van der Waals surface area (Å²) in [4.78, 5) is 12.7. The monoisotopic (exact) mass is 352 g/mol. The van der Waals surface area contributed by atoms with Gasteiger partial charge in [-0.25, -0.2) is 0 Å². The van der Waals surface area contributed by atoms with E-state index >= 15 is 0 Å². The number of carbonyl (C=O) groups excluding carboxylic acids is 1. The maximum Gasteiger partial charge on any atom is 0.197 e. The fourth-order valence-electron chi connectivity index (χ4n) is 2.16. The molecule has 0 saturated heterocycles. The molecule has 0 heterocycles. The SMILES string of the molecule is COc1c(C)cc(Br)c(C)c1C(=O)c1cccc(Cl)c1. The van der Waals surface area contributed by atoms with Crippen molar-refractivity contribution in [3.05, 3.63) is 62.1 Å². The molecule has 0 aliphatic heterocycles. The molecule has 104 valence electrons. The molecule has 0 saturated carbocycles. The first-order valence-electron chi connectivity index (χ1n) is 6.09. The molecule has 0 spiro atoms. The smallest absolute Gasteiger partial charge is 0.197 e. The first kappa shape index (κ1) is 15.1. The summed E-state index contributed by atoms with van der Waals surface area (Å²) in [6.07, 6.45) is 0. The predicted octanol–water partition coefficient (Wildman–Crippen LogP) is 4.96. The van der Waals surface area contributed by atoms with E-state index in [0.717, 1.165) is 15.6 Å². The molecule has 0 fully saturated rings. The van der Waals surface area contributed by atoms with Crippen molar-refractivity contribution in [2.75, 3.05) is 7.11 Å².